The average molecular weight is 254 g/mol. The van der Waals surface area contributed by atoms with Crippen LogP contribution in [0.4, 0.5) is 10.1 Å². The first-order chi connectivity index (χ1) is 8.74. The summed E-state index contributed by atoms with van der Waals surface area (Å²) >= 11 is 0. The van der Waals surface area contributed by atoms with Gasteiger partial charge >= 0.3 is 0 Å². The van der Waals surface area contributed by atoms with E-state index in [4.69, 9.17) is 4.74 Å². The molecule has 102 valence electrons. The number of hydrogen-bond acceptors (Lipinski definition) is 3. The highest BCUT2D eigenvalue weighted by Crippen LogP contribution is 2.23. The van der Waals surface area contributed by atoms with Crippen molar-refractivity contribution in [2.24, 2.45) is 0 Å². The van der Waals surface area contributed by atoms with Gasteiger partial charge in [-0.2, -0.15) is 0 Å². The van der Waals surface area contributed by atoms with Crippen LogP contribution >= 0.6 is 0 Å². The fourth-order valence-corrected chi connectivity index (χ4v) is 1.96. The van der Waals surface area contributed by atoms with Gasteiger partial charge in [0.05, 0.1) is 6.61 Å². The summed E-state index contributed by atoms with van der Waals surface area (Å²) in [5, 5.41) is 3.01. The molecule has 3 nitrogen and oxygen atoms in total. The van der Waals surface area contributed by atoms with Crippen molar-refractivity contribution < 1.29 is 9.13 Å². The van der Waals surface area contributed by atoms with Gasteiger partial charge in [-0.1, -0.05) is 6.07 Å². The van der Waals surface area contributed by atoms with E-state index in [0.29, 0.717) is 19.8 Å². The van der Waals surface area contributed by atoms with Gasteiger partial charge in [-0.25, -0.2) is 4.39 Å². The molecule has 0 heterocycles. The van der Waals surface area contributed by atoms with Crippen LogP contribution in [0.5, 0.6) is 0 Å². The van der Waals surface area contributed by atoms with Crippen molar-refractivity contribution in [1.82, 2.24) is 5.32 Å². The normalized spacial score (nSPS) is 10.7. The Morgan fingerprint density at radius 1 is 1.33 bits per heavy atom. The molecule has 0 aromatic heterocycles. The second-order valence-corrected chi connectivity index (χ2v) is 4.04. The van der Waals surface area contributed by atoms with E-state index in [1.807, 2.05) is 20.0 Å². The van der Waals surface area contributed by atoms with Crippen molar-refractivity contribution >= 4 is 5.69 Å². The fraction of sp³-hybridized carbons (Fsp3) is 0.571. The summed E-state index contributed by atoms with van der Waals surface area (Å²) in [5.74, 6) is -0.156. The van der Waals surface area contributed by atoms with Crippen molar-refractivity contribution in [2.75, 3.05) is 38.3 Å². The zero-order valence-electron chi connectivity index (χ0n) is 11.5. The third-order valence-electron chi connectivity index (χ3n) is 2.88. The molecular formula is C14H23FN2O. The first-order valence-electron chi connectivity index (χ1n) is 6.49. The van der Waals surface area contributed by atoms with Crippen LogP contribution in [-0.4, -0.2) is 33.4 Å². The number of halogens is 1. The topological polar surface area (TPSA) is 24.5 Å². The molecule has 0 aliphatic heterocycles. The Bertz CT molecular complexity index is 358. The van der Waals surface area contributed by atoms with Gasteiger partial charge in [0.2, 0.25) is 0 Å². The number of ether oxygens (including phenoxy) is 1. The van der Waals surface area contributed by atoms with Crippen LogP contribution in [0, 0.1) is 5.82 Å². The summed E-state index contributed by atoms with van der Waals surface area (Å²) in [5.41, 5.74) is 1.67. The highest BCUT2D eigenvalue weighted by atomic mass is 19.1. The van der Waals surface area contributed by atoms with Crippen molar-refractivity contribution in [3.63, 3.8) is 0 Å². The van der Waals surface area contributed by atoms with Gasteiger partial charge < -0.3 is 15.0 Å². The smallest absolute Gasteiger partial charge is 0.129 e. The molecule has 0 aliphatic rings. The molecule has 0 fully saturated rings. The zero-order valence-corrected chi connectivity index (χ0v) is 11.5. The van der Waals surface area contributed by atoms with E-state index in [9.17, 15) is 4.39 Å². The molecule has 4 heteroatoms. The SMILES string of the molecule is CCOCCN(CC)c1cccc(F)c1CNC. The second kappa shape index (κ2) is 8.06. The van der Waals surface area contributed by atoms with E-state index in [-0.39, 0.29) is 5.82 Å². The Balaban J connectivity index is 2.86. The van der Waals surface area contributed by atoms with E-state index < -0.39 is 0 Å². The molecule has 0 spiro atoms. The molecular weight excluding hydrogens is 231 g/mol. The third-order valence-corrected chi connectivity index (χ3v) is 2.88. The lowest BCUT2D eigenvalue weighted by atomic mass is 10.1. The molecule has 1 aromatic rings. The minimum atomic E-state index is -0.156. The molecule has 0 amide bonds. The van der Waals surface area contributed by atoms with E-state index in [0.717, 1.165) is 24.3 Å². The Morgan fingerprint density at radius 3 is 2.72 bits per heavy atom. The zero-order chi connectivity index (χ0) is 13.4. The summed E-state index contributed by atoms with van der Waals surface area (Å²) < 4.78 is 19.2. The molecule has 18 heavy (non-hydrogen) atoms. The van der Waals surface area contributed by atoms with Crippen molar-refractivity contribution in [3.8, 4) is 0 Å². The first-order valence-corrected chi connectivity index (χ1v) is 6.49. The van der Waals surface area contributed by atoms with E-state index in [1.54, 1.807) is 6.07 Å². The number of nitrogens with zero attached hydrogens (tertiary/aromatic N) is 1. The molecule has 1 rings (SSSR count). The monoisotopic (exact) mass is 254 g/mol. The molecule has 1 N–H and O–H groups in total. The molecule has 0 radical (unpaired) electrons. The summed E-state index contributed by atoms with van der Waals surface area (Å²) in [6, 6.07) is 5.23. The number of anilines is 1. The summed E-state index contributed by atoms with van der Waals surface area (Å²) in [6.07, 6.45) is 0. The van der Waals surface area contributed by atoms with Crippen LogP contribution in [0.3, 0.4) is 0 Å². The second-order valence-electron chi connectivity index (χ2n) is 4.04. The standard InChI is InChI=1S/C14H23FN2O/c1-4-17(9-10-18-5-2)14-8-6-7-13(15)12(14)11-16-3/h6-8,16H,4-5,9-11H2,1-3H3. The lowest BCUT2D eigenvalue weighted by molar-refractivity contribution is 0.154. The maximum absolute atomic E-state index is 13.8. The van der Waals surface area contributed by atoms with Crippen LogP contribution in [-0.2, 0) is 11.3 Å². The molecule has 1 aromatic carbocycles. The Hall–Kier alpha value is -1.13. The highest BCUT2D eigenvalue weighted by Gasteiger charge is 2.12. The number of nitrogens with one attached hydrogen (secondary N) is 1. The van der Waals surface area contributed by atoms with E-state index in [2.05, 4.69) is 17.1 Å². The maximum atomic E-state index is 13.8. The van der Waals surface area contributed by atoms with E-state index in [1.165, 1.54) is 6.07 Å². The lowest BCUT2D eigenvalue weighted by Gasteiger charge is -2.26. The minimum absolute atomic E-state index is 0.156. The molecule has 0 aliphatic carbocycles. The van der Waals surface area contributed by atoms with Gasteiger partial charge in [0.15, 0.2) is 0 Å². The van der Waals surface area contributed by atoms with Crippen LogP contribution in [0.2, 0.25) is 0 Å². The predicted octanol–water partition coefficient (Wildman–Crippen LogP) is 2.41. The summed E-state index contributed by atoms with van der Waals surface area (Å²) in [4.78, 5) is 2.14. The molecule has 0 unspecified atom stereocenters. The average Bonchev–Trinajstić information content (AvgIpc) is 2.38. The van der Waals surface area contributed by atoms with Gasteiger partial charge in [0.1, 0.15) is 5.82 Å². The largest absolute Gasteiger partial charge is 0.380 e. The molecule has 0 atom stereocenters. The first kappa shape index (κ1) is 14.9. The Kier molecular flexibility index (Phi) is 6.68. The number of hydrogen-bond donors (Lipinski definition) is 1. The molecule has 0 bridgehead atoms. The van der Waals surface area contributed by atoms with E-state index >= 15 is 0 Å². The predicted molar refractivity (Wildman–Crippen MR) is 73.5 cm³/mol. The summed E-state index contributed by atoms with van der Waals surface area (Å²) in [7, 11) is 1.83. The van der Waals surface area contributed by atoms with Gasteiger partial charge in [0, 0.05) is 37.5 Å². The van der Waals surface area contributed by atoms with Crippen LogP contribution in [0.25, 0.3) is 0 Å². The van der Waals surface area contributed by atoms with Gasteiger partial charge in [0.25, 0.3) is 0 Å². The lowest BCUT2D eigenvalue weighted by Crippen LogP contribution is -2.29. The highest BCUT2D eigenvalue weighted by molar-refractivity contribution is 5.54. The molecule has 0 saturated heterocycles. The fourth-order valence-electron chi connectivity index (χ4n) is 1.96. The molecule has 0 saturated carbocycles. The van der Waals surface area contributed by atoms with Crippen molar-refractivity contribution in [1.29, 1.82) is 0 Å². The quantitative estimate of drug-likeness (QED) is 0.721. The van der Waals surface area contributed by atoms with Crippen molar-refractivity contribution in [3.05, 3.63) is 29.6 Å². The van der Waals surface area contributed by atoms with Crippen LogP contribution in [0.1, 0.15) is 19.4 Å². The minimum Gasteiger partial charge on any atom is -0.380 e. The maximum Gasteiger partial charge on any atom is 0.129 e. The Labute approximate surface area is 109 Å². The Morgan fingerprint density at radius 2 is 2.11 bits per heavy atom. The number of likely N-dealkylation sites (N-methyl/N-ethyl adjacent to an activating group) is 1. The van der Waals surface area contributed by atoms with Crippen LogP contribution < -0.4 is 10.2 Å². The van der Waals surface area contributed by atoms with Gasteiger partial charge in [-0.05, 0) is 33.0 Å². The number of benzene rings is 1. The van der Waals surface area contributed by atoms with Gasteiger partial charge in [-0.15, -0.1) is 0 Å². The third kappa shape index (κ3) is 3.96. The van der Waals surface area contributed by atoms with Crippen LogP contribution in [0.15, 0.2) is 18.2 Å². The number of rotatable bonds is 8. The van der Waals surface area contributed by atoms with Crippen molar-refractivity contribution in [2.45, 2.75) is 20.4 Å². The summed E-state index contributed by atoms with van der Waals surface area (Å²) in [6.45, 7) is 7.58. The van der Waals surface area contributed by atoms with Gasteiger partial charge in [-0.3, -0.25) is 0 Å².